The Morgan fingerprint density at radius 2 is 2.14 bits per heavy atom. The summed E-state index contributed by atoms with van der Waals surface area (Å²) in [4.78, 5) is 0. The van der Waals surface area contributed by atoms with Crippen molar-refractivity contribution >= 4 is 40.1 Å². The first-order valence-corrected chi connectivity index (χ1v) is 5.47. The Labute approximate surface area is 96.4 Å². The highest BCUT2D eigenvalue weighted by Crippen LogP contribution is 2.24. The summed E-state index contributed by atoms with van der Waals surface area (Å²) in [5.74, 6) is 5.61. The first kappa shape index (κ1) is 11.5. The van der Waals surface area contributed by atoms with Crippen molar-refractivity contribution in [3.8, 4) is 0 Å². The average Bonchev–Trinajstić information content (AvgIpc) is 2.16. The van der Waals surface area contributed by atoms with Gasteiger partial charge >= 0.3 is 0 Å². The van der Waals surface area contributed by atoms with E-state index in [9.17, 15) is 0 Å². The lowest BCUT2D eigenvalue weighted by Crippen LogP contribution is -2.09. The lowest BCUT2D eigenvalue weighted by atomic mass is 10.2. The summed E-state index contributed by atoms with van der Waals surface area (Å²) in [7, 11) is 0. The smallest absolute Gasteiger partial charge is 0.177 e. The van der Waals surface area contributed by atoms with Crippen LogP contribution >= 0.6 is 35.0 Å². The number of nitrogens with zero attached hydrogens (tertiary/aromatic N) is 1. The number of benzene rings is 1. The highest BCUT2D eigenvalue weighted by Gasteiger charge is 2.02. The number of hydrogen-bond donors (Lipinski definition) is 2. The van der Waals surface area contributed by atoms with Gasteiger partial charge < -0.3 is 11.6 Å². The van der Waals surface area contributed by atoms with E-state index in [2.05, 4.69) is 5.10 Å². The summed E-state index contributed by atoms with van der Waals surface area (Å²) >= 11 is 13.0. The maximum absolute atomic E-state index is 5.95. The van der Waals surface area contributed by atoms with Crippen LogP contribution in [0.25, 0.3) is 0 Å². The number of amidine groups is 1. The van der Waals surface area contributed by atoms with Crippen LogP contribution in [-0.4, -0.2) is 5.17 Å². The number of hydrazone groups is 1. The molecule has 0 aliphatic heterocycles. The van der Waals surface area contributed by atoms with Gasteiger partial charge in [0.25, 0.3) is 0 Å². The van der Waals surface area contributed by atoms with E-state index in [1.165, 1.54) is 11.8 Å². The Hall–Kier alpha value is -0.580. The van der Waals surface area contributed by atoms with Crippen LogP contribution in [0.15, 0.2) is 23.3 Å². The van der Waals surface area contributed by atoms with Crippen LogP contribution in [0.2, 0.25) is 10.0 Å². The van der Waals surface area contributed by atoms with E-state index >= 15 is 0 Å². The van der Waals surface area contributed by atoms with Crippen molar-refractivity contribution < 1.29 is 0 Å². The number of hydrogen-bond acceptors (Lipinski definition) is 3. The molecule has 0 bridgehead atoms. The first-order chi connectivity index (χ1) is 6.63. The van der Waals surface area contributed by atoms with Gasteiger partial charge in [-0.15, -0.1) is 0 Å². The van der Waals surface area contributed by atoms with Crippen molar-refractivity contribution in [2.75, 3.05) is 0 Å². The molecule has 6 heteroatoms. The second-order valence-corrected chi connectivity index (χ2v) is 4.33. The summed E-state index contributed by atoms with van der Waals surface area (Å²) in [6.07, 6.45) is 0. The van der Waals surface area contributed by atoms with Gasteiger partial charge in [0, 0.05) is 15.8 Å². The van der Waals surface area contributed by atoms with E-state index in [0.717, 1.165) is 5.56 Å². The van der Waals surface area contributed by atoms with Gasteiger partial charge in [-0.1, -0.05) is 41.0 Å². The zero-order valence-corrected chi connectivity index (χ0v) is 9.53. The van der Waals surface area contributed by atoms with E-state index in [1.807, 2.05) is 6.07 Å². The van der Waals surface area contributed by atoms with Crippen LogP contribution < -0.4 is 11.6 Å². The fraction of sp³-hybridized carbons (Fsp3) is 0.125. The van der Waals surface area contributed by atoms with Crippen LogP contribution in [0, 0.1) is 0 Å². The third-order valence-electron chi connectivity index (χ3n) is 1.52. The molecular formula is C8H9Cl2N3S. The van der Waals surface area contributed by atoms with Crippen molar-refractivity contribution in [1.82, 2.24) is 0 Å². The van der Waals surface area contributed by atoms with Gasteiger partial charge in [0.05, 0.1) is 0 Å². The minimum Gasteiger partial charge on any atom is -0.377 e. The van der Waals surface area contributed by atoms with Crippen LogP contribution in [0.5, 0.6) is 0 Å². The molecule has 0 saturated heterocycles. The molecule has 0 aliphatic rings. The molecule has 0 fully saturated rings. The van der Waals surface area contributed by atoms with Gasteiger partial charge in [-0.2, -0.15) is 5.10 Å². The maximum Gasteiger partial charge on any atom is 0.177 e. The Morgan fingerprint density at radius 3 is 2.71 bits per heavy atom. The van der Waals surface area contributed by atoms with E-state index in [4.69, 9.17) is 34.8 Å². The first-order valence-electron chi connectivity index (χ1n) is 3.73. The lowest BCUT2D eigenvalue weighted by Gasteiger charge is -2.03. The Balaban J connectivity index is 2.68. The highest BCUT2D eigenvalue weighted by atomic mass is 35.5. The SMILES string of the molecule is NN=C(N)SCc1ccc(Cl)cc1Cl. The maximum atomic E-state index is 5.95. The van der Waals surface area contributed by atoms with E-state index < -0.39 is 0 Å². The summed E-state index contributed by atoms with van der Waals surface area (Å²) in [6.45, 7) is 0. The normalized spacial score (nSPS) is 11.7. The number of rotatable bonds is 2. The molecule has 0 radical (unpaired) electrons. The van der Waals surface area contributed by atoms with Gasteiger partial charge in [-0.25, -0.2) is 0 Å². The molecule has 14 heavy (non-hydrogen) atoms. The largest absolute Gasteiger partial charge is 0.377 e. The Kier molecular flexibility index (Phi) is 4.38. The van der Waals surface area contributed by atoms with E-state index in [-0.39, 0.29) is 0 Å². The number of halogens is 2. The minimum atomic E-state index is 0.330. The Morgan fingerprint density at radius 1 is 1.43 bits per heavy atom. The van der Waals surface area contributed by atoms with Crippen LogP contribution in [0.1, 0.15) is 5.56 Å². The third kappa shape index (κ3) is 3.29. The molecule has 76 valence electrons. The molecule has 0 heterocycles. The third-order valence-corrected chi connectivity index (χ3v) is 2.96. The second kappa shape index (κ2) is 5.34. The molecule has 0 aromatic heterocycles. The molecule has 0 atom stereocenters. The van der Waals surface area contributed by atoms with Gasteiger partial charge in [-0.05, 0) is 17.7 Å². The van der Waals surface area contributed by atoms with Crippen molar-refractivity contribution in [2.24, 2.45) is 16.7 Å². The fourth-order valence-corrected chi connectivity index (χ4v) is 2.01. The van der Waals surface area contributed by atoms with Crippen molar-refractivity contribution in [2.45, 2.75) is 5.75 Å². The summed E-state index contributed by atoms with van der Waals surface area (Å²) in [6, 6.07) is 5.31. The van der Waals surface area contributed by atoms with Gasteiger partial charge in [-0.3, -0.25) is 0 Å². The zero-order valence-electron chi connectivity index (χ0n) is 7.21. The van der Waals surface area contributed by atoms with E-state index in [0.29, 0.717) is 21.0 Å². The molecule has 0 aliphatic carbocycles. The zero-order chi connectivity index (χ0) is 10.6. The van der Waals surface area contributed by atoms with Gasteiger partial charge in [0.1, 0.15) is 0 Å². The molecule has 0 saturated carbocycles. The molecule has 1 aromatic rings. The van der Waals surface area contributed by atoms with Gasteiger partial charge in [0.15, 0.2) is 5.17 Å². The van der Waals surface area contributed by atoms with E-state index in [1.54, 1.807) is 12.1 Å². The molecule has 0 unspecified atom stereocenters. The predicted molar refractivity (Wildman–Crippen MR) is 63.6 cm³/mol. The monoisotopic (exact) mass is 249 g/mol. The standard InChI is InChI=1S/C8H9Cl2N3S/c9-6-2-1-5(7(10)3-6)4-14-8(11)13-12/h1-3H,4,12H2,(H2,11,13). The molecule has 3 nitrogen and oxygen atoms in total. The second-order valence-electron chi connectivity index (χ2n) is 2.49. The molecule has 4 N–H and O–H groups in total. The summed E-state index contributed by atoms with van der Waals surface area (Å²) in [5.41, 5.74) is 6.37. The van der Waals surface area contributed by atoms with Crippen LogP contribution in [0.3, 0.4) is 0 Å². The molecular weight excluding hydrogens is 241 g/mol. The lowest BCUT2D eigenvalue weighted by molar-refractivity contribution is 1.25. The minimum absolute atomic E-state index is 0.330. The van der Waals surface area contributed by atoms with Crippen molar-refractivity contribution in [3.63, 3.8) is 0 Å². The fourth-order valence-electron chi connectivity index (χ4n) is 0.828. The number of thioether (sulfide) groups is 1. The number of nitrogens with two attached hydrogens (primary N) is 2. The van der Waals surface area contributed by atoms with Crippen molar-refractivity contribution in [1.29, 1.82) is 0 Å². The summed E-state index contributed by atoms with van der Waals surface area (Å²) in [5, 5.41) is 4.90. The average molecular weight is 250 g/mol. The predicted octanol–water partition coefficient (Wildman–Crippen LogP) is 2.42. The quantitative estimate of drug-likeness (QED) is 0.366. The topological polar surface area (TPSA) is 64.4 Å². The van der Waals surface area contributed by atoms with Crippen LogP contribution in [-0.2, 0) is 5.75 Å². The van der Waals surface area contributed by atoms with Crippen LogP contribution in [0.4, 0.5) is 0 Å². The molecule has 0 spiro atoms. The molecule has 0 amide bonds. The van der Waals surface area contributed by atoms with Crippen molar-refractivity contribution in [3.05, 3.63) is 33.8 Å². The summed E-state index contributed by atoms with van der Waals surface area (Å²) < 4.78 is 0. The molecule has 1 rings (SSSR count). The highest BCUT2D eigenvalue weighted by molar-refractivity contribution is 8.13. The van der Waals surface area contributed by atoms with Gasteiger partial charge in [0.2, 0.25) is 0 Å². The molecule has 1 aromatic carbocycles. The Bertz CT molecular complexity index is 354.